The van der Waals surface area contributed by atoms with E-state index in [2.05, 4.69) is 5.32 Å². The Kier molecular flexibility index (Phi) is 6.71. The van der Waals surface area contributed by atoms with Crippen molar-refractivity contribution in [3.05, 3.63) is 54.3 Å². The predicted octanol–water partition coefficient (Wildman–Crippen LogP) is 2.18. The van der Waals surface area contributed by atoms with Crippen LogP contribution < -0.4 is 14.8 Å². The standard InChI is InChI=1S/C20H23FN2O5S/c1-27-17-5-7-19(8-6-17)29(25,26)23-11-9-16(10-12-23)22-20(24)14-28-18-4-2-3-15(21)13-18/h2-8,13,16H,9-12,14H2,1H3,(H,22,24). The molecule has 0 aromatic heterocycles. The molecule has 1 N–H and O–H groups in total. The van der Waals surface area contributed by atoms with E-state index in [0.29, 0.717) is 31.7 Å². The van der Waals surface area contributed by atoms with E-state index in [-0.39, 0.29) is 29.2 Å². The molecule has 2 aromatic carbocycles. The van der Waals surface area contributed by atoms with Crippen molar-refractivity contribution in [1.82, 2.24) is 9.62 Å². The lowest BCUT2D eigenvalue weighted by Crippen LogP contribution is -2.47. The Morgan fingerprint density at radius 1 is 1.14 bits per heavy atom. The zero-order chi connectivity index (χ0) is 20.9. The van der Waals surface area contributed by atoms with Gasteiger partial charge in [0, 0.05) is 25.2 Å². The van der Waals surface area contributed by atoms with Gasteiger partial charge in [0.05, 0.1) is 12.0 Å². The van der Waals surface area contributed by atoms with E-state index in [1.165, 1.54) is 41.7 Å². The number of nitrogens with zero attached hydrogens (tertiary/aromatic N) is 1. The van der Waals surface area contributed by atoms with Crippen molar-refractivity contribution >= 4 is 15.9 Å². The molecule has 0 atom stereocenters. The van der Waals surface area contributed by atoms with Gasteiger partial charge in [-0.2, -0.15) is 4.31 Å². The Morgan fingerprint density at radius 2 is 1.83 bits per heavy atom. The summed E-state index contributed by atoms with van der Waals surface area (Å²) in [5.74, 6) is 0.102. The monoisotopic (exact) mass is 422 g/mol. The molecule has 9 heteroatoms. The van der Waals surface area contributed by atoms with E-state index in [1.807, 2.05) is 0 Å². The first kappa shape index (κ1) is 21.1. The summed E-state index contributed by atoms with van der Waals surface area (Å²) in [6.45, 7) is 0.391. The third-order valence-electron chi connectivity index (χ3n) is 4.68. The summed E-state index contributed by atoms with van der Waals surface area (Å²) >= 11 is 0. The minimum absolute atomic E-state index is 0.138. The van der Waals surface area contributed by atoms with Crippen molar-refractivity contribution in [2.45, 2.75) is 23.8 Å². The Labute approximate surface area is 169 Å². The number of methoxy groups -OCH3 is 1. The van der Waals surface area contributed by atoms with Crippen LogP contribution in [-0.2, 0) is 14.8 Å². The average molecular weight is 422 g/mol. The molecule has 0 aliphatic carbocycles. The van der Waals surface area contributed by atoms with Crippen LogP contribution in [0.3, 0.4) is 0 Å². The van der Waals surface area contributed by atoms with Gasteiger partial charge in [-0.05, 0) is 49.2 Å². The number of rotatable bonds is 7. The Hall–Kier alpha value is -2.65. The van der Waals surface area contributed by atoms with Crippen LogP contribution in [0, 0.1) is 5.82 Å². The third-order valence-corrected chi connectivity index (χ3v) is 6.60. The maximum absolute atomic E-state index is 13.1. The molecule has 0 spiro atoms. The summed E-state index contributed by atoms with van der Waals surface area (Å²) in [4.78, 5) is 12.3. The molecule has 0 saturated carbocycles. The molecule has 0 bridgehead atoms. The summed E-state index contributed by atoms with van der Waals surface area (Å²) in [7, 11) is -2.06. The summed E-state index contributed by atoms with van der Waals surface area (Å²) < 4.78 is 50.4. The van der Waals surface area contributed by atoms with Crippen LogP contribution in [-0.4, -0.2) is 51.5 Å². The minimum atomic E-state index is -3.58. The van der Waals surface area contributed by atoms with E-state index >= 15 is 0 Å². The van der Waals surface area contributed by atoms with Gasteiger partial charge < -0.3 is 14.8 Å². The van der Waals surface area contributed by atoms with Gasteiger partial charge >= 0.3 is 0 Å². The fourth-order valence-corrected chi connectivity index (χ4v) is 4.58. The second-order valence-corrected chi connectivity index (χ2v) is 8.61. The van der Waals surface area contributed by atoms with E-state index in [1.54, 1.807) is 18.2 Å². The fourth-order valence-electron chi connectivity index (χ4n) is 3.11. The maximum Gasteiger partial charge on any atom is 0.258 e. The molecule has 0 unspecified atom stereocenters. The topological polar surface area (TPSA) is 84.9 Å². The van der Waals surface area contributed by atoms with Gasteiger partial charge in [-0.1, -0.05) is 6.07 Å². The predicted molar refractivity (Wildman–Crippen MR) is 105 cm³/mol. The Morgan fingerprint density at radius 3 is 2.45 bits per heavy atom. The Balaban J connectivity index is 1.48. The SMILES string of the molecule is COc1ccc(S(=O)(=O)N2CCC(NC(=O)COc3cccc(F)c3)CC2)cc1. The number of halogens is 1. The third kappa shape index (κ3) is 5.45. The number of carbonyl (C=O) groups excluding carboxylic acids is 1. The number of benzene rings is 2. The van der Waals surface area contributed by atoms with Crippen LogP contribution in [0.15, 0.2) is 53.4 Å². The van der Waals surface area contributed by atoms with Crippen LogP contribution in [0.25, 0.3) is 0 Å². The number of piperidine rings is 1. The largest absolute Gasteiger partial charge is 0.497 e. The number of nitrogens with one attached hydrogen (secondary N) is 1. The van der Waals surface area contributed by atoms with E-state index < -0.39 is 15.8 Å². The van der Waals surface area contributed by atoms with Crippen molar-refractivity contribution in [3.63, 3.8) is 0 Å². The van der Waals surface area contributed by atoms with Crippen LogP contribution in [0.1, 0.15) is 12.8 Å². The second-order valence-electron chi connectivity index (χ2n) is 6.67. The highest BCUT2D eigenvalue weighted by Crippen LogP contribution is 2.23. The number of hydrogen-bond donors (Lipinski definition) is 1. The summed E-state index contributed by atoms with van der Waals surface area (Å²) in [6, 6.07) is 11.7. The van der Waals surface area contributed by atoms with Gasteiger partial charge in [-0.15, -0.1) is 0 Å². The zero-order valence-corrected chi connectivity index (χ0v) is 16.8. The lowest BCUT2D eigenvalue weighted by molar-refractivity contribution is -0.124. The lowest BCUT2D eigenvalue weighted by Gasteiger charge is -2.31. The molecular formula is C20H23FN2O5S. The van der Waals surface area contributed by atoms with E-state index in [9.17, 15) is 17.6 Å². The quantitative estimate of drug-likeness (QED) is 0.739. The molecule has 1 heterocycles. The molecule has 3 rings (SSSR count). The fraction of sp³-hybridized carbons (Fsp3) is 0.350. The lowest BCUT2D eigenvalue weighted by atomic mass is 10.1. The summed E-state index contributed by atoms with van der Waals surface area (Å²) in [5, 5.41) is 2.83. The molecule has 1 saturated heterocycles. The average Bonchev–Trinajstić information content (AvgIpc) is 2.73. The van der Waals surface area contributed by atoms with Crippen molar-refractivity contribution in [2.24, 2.45) is 0 Å². The highest BCUT2D eigenvalue weighted by molar-refractivity contribution is 7.89. The first-order valence-corrected chi connectivity index (χ1v) is 10.6. The summed E-state index contributed by atoms with van der Waals surface area (Å²) in [6.07, 6.45) is 1.00. The maximum atomic E-state index is 13.1. The van der Waals surface area contributed by atoms with Crippen LogP contribution in [0.4, 0.5) is 4.39 Å². The number of amides is 1. The molecule has 1 aliphatic heterocycles. The van der Waals surface area contributed by atoms with E-state index in [0.717, 1.165) is 0 Å². The molecule has 2 aromatic rings. The number of hydrogen-bond acceptors (Lipinski definition) is 5. The second kappa shape index (κ2) is 9.23. The summed E-state index contributed by atoms with van der Waals surface area (Å²) in [5.41, 5.74) is 0. The van der Waals surface area contributed by atoms with Gasteiger partial charge in [0.15, 0.2) is 6.61 Å². The first-order valence-electron chi connectivity index (χ1n) is 9.20. The minimum Gasteiger partial charge on any atom is -0.497 e. The van der Waals surface area contributed by atoms with Crippen molar-refractivity contribution < 1.29 is 27.1 Å². The van der Waals surface area contributed by atoms with Crippen molar-refractivity contribution in [1.29, 1.82) is 0 Å². The van der Waals surface area contributed by atoms with Crippen LogP contribution in [0.5, 0.6) is 11.5 Å². The van der Waals surface area contributed by atoms with E-state index in [4.69, 9.17) is 9.47 Å². The highest BCUT2D eigenvalue weighted by atomic mass is 32.2. The molecule has 7 nitrogen and oxygen atoms in total. The Bertz CT molecular complexity index is 942. The molecular weight excluding hydrogens is 399 g/mol. The molecule has 29 heavy (non-hydrogen) atoms. The number of sulfonamides is 1. The molecule has 1 aliphatic rings. The first-order chi connectivity index (χ1) is 13.9. The number of carbonyl (C=O) groups is 1. The van der Waals surface area contributed by atoms with Gasteiger partial charge in [0.1, 0.15) is 17.3 Å². The highest BCUT2D eigenvalue weighted by Gasteiger charge is 2.30. The van der Waals surface area contributed by atoms with Gasteiger partial charge in [-0.3, -0.25) is 4.79 Å². The molecule has 1 fully saturated rings. The molecule has 0 radical (unpaired) electrons. The molecule has 1 amide bonds. The van der Waals surface area contributed by atoms with Crippen molar-refractivity contribution in [3.8, 4) is 11.5 Å². The van der Waals surface area contributed by atoms with Crippen molar-refractivity contribution in [2.75, 3.05) is 26.8 Å². The normalized spacial score (nSPS) is 15.7. The van der Waals surface area contributed by atoms with Crippen LogP contribution >= 0.6 is 0 Å². The van der Waals surface area contributed by atoms with Crippen LogP contribution in [0.2, 0.25) is 0 Å². The van der Waals surface area contributed by atoms with Gasteiger partial charge in [0.25, 0.3) is 5.91 Å². The number of ether oxygens (including phenoxy) is 2. The van der Waals surface area contributed by atoms with Gasteiger partial charge in [0.2, 0.25) is 10.0 Å². The van der Waals surface area contributed by atoms with Gasteiger partial charge in [-0.25, -0.2) is 12.8 Å². The smallest absolute Gasteiger partial charge is 0.258 e. The molecule has 156 valence electrons. The zero-order valence-electron chi connectivity index (χ0n) is 16.0.